The Kier molecular flexibility index (Phi) is 9.14. The number of aliphatic hydroxyl groups excluding tert-OH is 1. The normalized spacial score (nSPS) is 18.6. The SMILES string of the molecule is Cc1cccc(CC(O)/C=C/[C@H]2CCCC(=O)N2CCCCCCC(=O)O)n1. The summed E-state index contributed by atoms with van der Waals surface area (Å²) in [5.74, 6) is -0.586. The molecule has 28 heavy (non-hydrogen) atoms. The Morgan fingerprint density at radius 1 is 1.32 bits per heavy atom. The quantitative estimate of drug-likeness (QED) is 0.448. The molecule has 1 aromatic rings. The lowest BCUT2D eigenvalue weighted by atomic mass is 9.99. The van der Waals surface area contributed by atoms with Crippen molar-refractivity contribution < 1.29 is 19.8 Å². The van der Waals surface area contributed by atoms with Crippen LogP contribution in [0.3, 0.4) is 0 Å². The van der Waals surface area contributed by atoms with E-state index in [1.165, 1.54) is 0 Å². The number of hydrogen-bond acceptors (Lipinski definition) is 4. The Bertz CT molecular complexity index is 674. The molecule has 1 amide bonds. The van der Waals surface area contributed by atoms with Gasteiger partial charge in [-0.25, -0.2) is 0 Å². The van der Waals surface area contributed by atoms with E-state index in [-0.39, 0.29) is 18.4 Å². The molecule has 2 atom stereocenters. The minimum absolute atomic E-state index is 0.0281. The predicted octanol–water partition coefficient (Wildman–Crippen LogP) is 3.27. The lowest BCUT2D eigenvalue weighted by Crippen LogP contribution is -2.43. The number of unbranched alkanes of at least 4 members (excludes halogenated alkanes) is 3. The Labute approximate surface area is 167 Å². The van der Waals surface area contributed by atoms with Crippen molar-refractivity contribution in [2.45, 2.75) is 76.9 Å². The summed E-state index contributed by atoms with van der Waals surface area (Å²) < 4.78 is 0. The molecule has 0 saturated carbocycles. The monoisotopic (exact) mass is 388 g/mol. The molecule has 6 heteroatoms. The molecule has 0 spiro atoms. The van der Waals surface area contributed by atoms with Gasteiger partial charge in [0.25, 0.3) is 0 Å². The smallest absolute Gasteiger partial charge is 0.303 e. The van der Waals surface area contributed by atoms with Crippen molar-refractivity contribution in [3.05, 3.63) is 41.7 Å². The molecule has 154 valence electrons. The lowest BCUT2D eigenvalue weighted by Gasteiger charge is -2.34. The van der Waals surface area contributed by atoms with Crippen LogP contribution in [0.5, 0.6) is 0 Å². The van der Waals surface area contributed by atoms with Gasteiger partial charge in [-0.2, -0.15) is 0 Å². The molecule has 0 aromatic carbocycles. The zero-order valence-corrected chi connectivity index (χ0v) is 16.7. The number of rotatable bonds is 11. The van der Waals surface area contributed by atoms with Gasteiger partial charge in [-0.3, -0.25) is 14.6 Å². The predicted molar refractivity (Wildman–Crippen MR) is 108 cm³/mol. The van der Waals surface area contributed by atoms with Crippen molar-refractivity contribution in [1.29, 1.82) is 0 Å². The molecule has 0 bridgehead atoms. The number of piperidine rings is 1. The van der Waals surface area contributed by atoms with Crippen molar-refractivity contribution in [3.8, 4) is 0 Å². The van der Waals surface area contributed by atoms with Crippen molar-refractivity contribution in [2.24, 2.45) is 0 Å². The number of carbonyl (C=O) groups excluding carboxylic acids is 1. The van der Waals surface area contributed by atoms with Crippen LogP contribution in [-0.4, -0.2) is 50.7 Å². The van der Waals surface area contributed by atoms with Gasteiger partial charge in [0.1, 0.15) is 0 Å². The first kappa shape index (κ1) is 22.1. The Morgan fingerprint density at radius 3 is 2.86 bits per heavy atom. The van der Waals surface area contributed by atoms with Crippen LogP contribution in [0.1, 0.15) is 62.8 Å². The molecular formula is C22H32N2O4. The van der Waals surface area contributed by atoms with Crippen LogP contribution in [0.25, 0.3) is 0 Å². The first-order chi connectivity index (χ1) is 13.5. The largest absolute Gasteiger partial charge is 0.481 e. The first-order valence-corrected chi connectivity index (χ1v) is 10.3. The summed E-state index contributed by atoms with van der Waals surface area (Å²) >= 11 is 0. The van der Waals surface area contributed by atoms with Gasteiger partial charge in [0, 0.05) is 37.2 Å². The minimum Gasteiger partial charge on any atom is -0.481 e. The van der Waals surface area contributed by atoms with Crippen LogP contribution in [0.2, 0.25) is 0 Å². The molecule has 6 nitrogen and oxygen atoms in total. The second-order valence-electron chi connectivity index (χ2n) is 7.53. The van der Waals surface area contributed by atoms with Crippen LogP contribution in [0, 0.1) is 6.92 Å². The summed E-state index contributed by atoms with van der Waals surface area (Å²) in [5, 5.41) is 19.0. The highest BCUT2D eigenvalue weighted by Gasteiger charge is 2.25. The number of aryl methyl sites for hydroxylation is 1. The van der Waals surface area contributed by atoms with Gasteiger partial charge in [0.05, 0.1) is 12.1 Å². The summed E-state index contributed by atoms with van der Waals surface area (Å²) in [6.07, 6.45) is 9.53. The molecule has 1 aromatic heterocycles. The number of hydrogen-bond donors (Lipinski definition) is 2. The summed E-state index contributed by atoms with van der Waals surface area (Å²) in [7, 11) is 0. The van der Waals surface area contributed by atoms with E-state index >= 15 is 0 Å². The maximum Gasteiger partial charge on any atom is 0.303 e. The minimum atomic E-state index is -0.754. The van der Waals surface area contributed by atoms with E-state index < -0.39 is 12.1 Å². The van der Waals surface area contributed by atoms with E-state index in [4.69, 9.17) is 5.11 Å². The molecule has 1 aliphatic rings. The molecule has 2 rings (SSSR count). The Morgan fingerprint density at radius 2 is 2.11 bits per heavy atom. The number of carboxylic acids is 1. The lowest BCUT2D eigenvalue weighted by molar-refractivity contribution is -0.137. The van der Waals surface area contributed by atoms with E-state index in [1.807, 2.05) is 36.1 Å². The molecule has 1 unspecified atom stereocenters. The highest BCUT2D eigenvalue weighted by molar-refractivity contribution is 5.77. The number of likely N-dealkylation sites (tertiary alicyclic amines) is 1. The van der Waals surface area contributed by atoms with E-state index in [9.17, 15) is 14.7 Å². The molecular weight excluding hydrogens is 356 g/mol. The number of aliphatic carboxylic acids is 1. The van der Waals surface area contributed by atoms with Gasteiger partial charge >= 0.3 is 5.97 Å². The van der Waals surface area contributed by atoms with Gasteiger partial charge in [-0.1, -0.05) is 31.1 Å². The van der Waals surface area contributed by atoms with Crippen molar-refractivity contribution in [2.75, 3.05) is 6.54 Å². The van der Waals surface area contributed by atoms with E-state index in [2.05, 4.69) is 4.98 Å². The summed E-state index contributed by atoms with van der Waals surface area (Å²) in [6.45, 7) is 2.62. The number of pyridine rings is 1. The fourth-order valence-electron chi connectivity index (χ4n) is 3.60. The topological polar surface area (TPSA) is 90.7 Å². The number of carboxylic acid groups (broad SMARTS) is 1. The van der Waals surface area contributed by atoms with Gasteiger partial charge in [0.2, 0.25) is 5.91 Å². The van der Waals surface area contributed by atoms with Crippen molar-refractivity contribution >= 4 is 11.9 Å². The average molecular weight is 389 g/mol. The Hall–Kier alpha value is -2.21. The number of nitrogens with zero attached hydrogens (tertiary/aromatic N) is 2. The molecule has 1 aliphatic heterocycles. The maximum atomic E-state index is 12.3. The molecule has 0 radical (unpaired) electrons. The van der Waals surface area contributed by atoms with Gasteiger partial charge in [0.15, 0.2) is 0 Å². The maximum absolute atomic E-state index is 12.3. The van der Waals surface area contributed by atoms with Crippen LogP contribution in [0.15, 0.2) is 30.4 Å². The Balaban J connectivity index is 1.82. The van der Waals surface area contributed by atoms with Gasteiger partial charge in [-0.15, -0.1) is 0 Å². The molecule has 1 saturated heterocycles. The molecule has 2 heterocycles. The third kappa shape index (κ3) is 7.80. The average Bonchev–Trinajstić information content (AvgIpc) is 2.64. The van der Waals surface area contributed by atoms with Crippen LogP contribution in [-0.2, 0) is 16.0 Å². The van der Waals surface area contributed by atoms with Gasteiger partial charge in [-0.05, 0) is 44.7 Å². The molecule has 2 N–H and O–H groups in total. The third-order valence-corrected chi connectivity index (χ3v) is 5.07. The van der Waals surface area contributed by atoms with Crippen LogP contribution < -0.4 is 0 Å². The summed E-state index contributed by atoms with van der Waals surface area (Å²) in [4.78, 5) is 29.2. The second kappa shape index (κ2) is 11.6. The zero-order chi connectivity index (χ0) is 20.4. The van der Waals surface area contributed by atoms with Crippen LogP contribution >= 0.6 is 0 Å². The van der Waals surface area contributed by atoms with Crippen molar-refractivity contribution in [3.63, 3.8) is 0 Å². The van der Waals surface area contributed by atoms with E-state index in [0.717, 1.165) is 43.5 Å². The summed E-state index contributed by atoms with van der Waals surface area (Å²) in [5.41, 5.74) is 1.79. The number of aliphatic hydroxyl groups is 1. The summed E-state index contributed by atoms with van der Waals surface area (Å²) in [6, 6.07) is 5.80. The first-order valence-electron chi connectivity index (χ1n) is 10.3. The third-order valence-electron chi connectivity index (χ3n) is 5.07. The van der Waals surface area contributed by atoms with Gasteiger partial charge < -0.3 is 15.1 Å². The highest BCUT2D eigenvalue weighted by atomic mass is 16.4. The molecule has 0 aliphatic carbocycles. The second-order valence-corrected chi connectivity index (χ2v) is 7.53. The fourth-order valence-corrected chi connectivity index (χ4v) is 3.60. The number of carbonyl (C=O) groups is 2. The standard InChI is InChI=1S/C22H32N2O4/c1-17-8-6-9-18(23-17)16-20(25)14-13-19-10-7-11-21(26)24(19)15-5-3-2-4-12-22(27)28/h6,8-9,13-14,19-20,25H,2-5,7,10-12,15-16H2,1H3,(H,27,28)/b14-13+/t19-,20?/m1/s1. The number of aromatic nitrogens is 1. The van der Waals surface area contributed by atoms with E-state index in [1.54, 1.807) is 6.08 Å². The fraction of sp³-hybridized carbons (Fsp3) is 0.591. The zero-order valence-electron chi connectivity index (χ0n) is 16.7. The van der Waals surface area contributed by atoms with E-state index in [0.29, 0.717) is 25.8 Å². The molecule has 1 fully saturated rings. The highest BCUT2D eigenvalue weighted by Crippen LogP contribution is 2.21. The van der Waals surface area contributed by atoms with Crippen molar-refractivity contribution in [1.82, 2.24) is 9.88 Å². The van der Waals surface area contributed by atoms with Crippen LogP contribution in [0.4, 0.5) is 0 Å². The number of amides is 1.